The molecule has 1 aromatic heterocycles. The van der Waals surface area contributed by atoms with Crippen LogP contribution < -0.4 is 10.6 Å². The molecule has 0 radical (unpaired) electrons. The van der Waals surface area contributed by atoms with Crippen LogP contribution in [0.3, 0.4) is 0 Å². The van der Waals surface area contributed by atoms with Crippen molar-refractivity contribution in [2.45, 2.75) is 26.4 Å². The van der Waals surface area contributed by atoms with Crippen LogP contribution >= 0.6 is 0 Å². The van der Waals surface area contributed by atoms with Gasteiger partial charge >= 0.3 is 6.03 Å². The van der Waals surface area contributed by atoms with Crippen LogP contribution in [0, 0.1) is 5.92 Å². The highest BCUT2D eigenvalue weighted by Crippen LogP contribution is 2.14. The smallest absolute Gasteiger partial charge is 0.319 e. The molecule has 1 heterocycles. The number of nitrogens with zero attached hydrogens (tertiary/aromatic N) is 1. The number of nitrogens with one attached hydrogen (secondary N) is 2. The Morgan fingerprint density at radius 2 is 1.95 bits per heavy atom. The van der Waals surface area contributed by atoms with E-state index in [1.54, 1.807) is 6.92 Å². The molecule has 0 saturated carbocycles. The van der Waals surface area contributed by atoms with Gasteiger partial charge in [-0.1, -0.05) is 13.0 Å². The van der Waals surface area contributed by atoms with Crippen molar-refractivity contribution in [3.63, 3.8) is 0 Å². The summed E-state index contributed by atoms with van der Waals surface area (Å²) >= 11 is 0. The van der Waals surface area contributed by atoms with E-state index in [0.717, 1.165) is 11.4 Å². The van der Waals surface area contributed by atoms with Gasteiger partial charge in [0, 0.05) is 30.3 Å². The first-order chi connectivity index (χ1) is 10.5. The van der Waals surface area contributed by atoms with Crippen LogP contribution in [0.15, 0.2) is 48.8 Å². The summed E-state index contributed by atoms with van der Waals surface area (Å²) in [7, 11) is 0. The first-order valence-corrected chi connectivity index (χ1v) is 7.51. The number of aromatic nitrogens is 1. The lowest BCUT2D eigenvalue weighted by Gasteiger charge is -2.15. The number of aliphatic hydroxyl groups is 1. The molecule has 2 aromatic rings. The van der Waals surface area contributed by atoms with Gasteiger partial charge < -0.3 is 20.3 Å². The molecular formula is C17H23N3O2. The fourth-order valence-electron chi connectivity index (χ4n) is 2.36. The average Bonchev–Trinajstić information content (AvgIpc) is 2.99. The molecule has 0 aliphatic rings. The van der Waals surface area contributed by atoms with E-state index in [0.29, 0.717) is 13.0 Å². The maximum Gasteiger partial charge on any atom is 0.319 e. The van der Waals surface area contributed by atoms with Crippen molar-refractivity contribution >= 4 is 11.7 Å². The summed E-state index contributed by atoms with van der Waals surface area (Å²) in [6.45, 7) is 4.29. The van der Waals surface area contributed by atoms with Crippen molar-refractivity contribution < 1.29 is 9.90 Å². The predicted molar refractivity (Wildman–Crippen MR) is 88.3 cm³/mol. The van der Waals surface area contributed by atoms with Gasteiger partial charge in [0.05, 0.1) is 6.10 Å². The molecular weight excluding hydrogens is 278 g/mol. The minimum absolute atomic E-state index is 0.233. The molecule has 0 saturated heterocycles. The molecule has 1 aromatic carbocycles. The highest BCUT2D eigenvalue weighted by atomic mass is 16.3. The van der Waals surface area contributed by atoms with E-state index in [4.69, 9.17) is 0 Å². The van der Waals surface area contributed by atoms with E-state index in [2.05, 4.69) is 10.6 Å². The van der Waals surface area contributed by atoms with Gasteiger partial charge in [-0.05, 0) is 49.6 Å². The van der Waals surface area contributed by atoms with E-state index in [1.807, 2.05) is 60.3 Å². The number of carbonyl (C=O) groups excluding carboxylic acids is 1. The van der Waals surface area contributed by atoms with Gasteiger partial charge in [0.15, 0.2) is 0 Å². The van der Waals surface area contributed by atoms with Crippen LogP contribution in [-0.4, -0.2) is 28.4 Å². The lowest BCUT2D eigenvalue weighted by atomic mass is 10.1. The fourth-order valence-corrected chi connectivity index (χ4v) is 2.36. The summed E-state index contributed by atoms with van der Waals surface area (Å²) in [5.41, 5.74) is 1.73. The van der Waals surface area contributed by atoms with Crippen molar-refractivity contribution in [3.05, 3.63) is 48.8 Å². The number of hydrogen-bond donors (Lipinski definition) is 3. The lowest BCUT2D eigenvalue weighted by molar-refractivity contribution is 0.163. The SMILES string of the molecule is C[C@H](CNC(=O)Nc1cccc(-n2cccc2)c1)C[C@@H](C)O. The second-order valence-corrected chi connectivity index (χ2v) is 5.67. The number of hydrogen-bond acceptors (Lipinski definition) is 2. The fraction of sp³-hybridized carbons (Fsp3) is 0.353. The minimum atomic E-state index is -0.349. The second kappa shape index (κ2) is 7.66. The van der Waals surface area contributed by atoms with Gasteiger partial charge in [-0.15, -0.1) is 0 Å². The van der Waals surface area contributed by atoms with Crippen LogP contribution in [0.1, 0.15) is 20.3 Å². The summed E-state index contributed by atoms with van der Waals surface area (Å²) in [5.74, 6) is 0.233. The molecule has 0 unspecified atom stereocenters. The predicted octanol–water partition coefficient (Wildman–Crippen LogP) is 3.01. The Hall–Kier alpha value is -2.27. The van der Waals surface area contributed by atoms with Gasteiger partial charge in [0.2, 0.25) is 0 Å². The Balaban J connectivity index is 1.88. The van der Waals surface area contributed by atoms with E-state index in [-0.39, 0.29) is 18.1 Å². The molecule has 5 nitrogen and oxygen atoms in total. The number of anilines is 1. The third-order valence-electron chi connectivity index (χ3n) is 3.36. The van der Waals surface area contributed by atoms with Crippen LogP contribution in [0.5, 0.6) is 0 Å². The molecule has 2 atom stereocenters. The Bertz CT molecular complexity index is 594. The monoisotopic (exact) mass is 301 g/mol. The van der Waals surface area contributed by atoms with Gasteiger partial charge in [-0.25, -0.2) is 4.79 Å². The number of urea groups is 1. The zero-order valence-corrected chi connectivity index (χ0v) is 13.0. The molecule has 22 heavy (non-hydrogen) atoms. The zero-order chi connectivity index (χ0) is 15.9. The molecule has 5 heteroatoms. The van der Waals surface area contributed by atoms with E-state index in [9.17, 15) is 9.90 Å². The number of rotatable bonds is 6. The summed E-state index contributed by atoms with van der Waals surface area (Å²) < 4.78 is 1.98. The Kier molecular flexibility index (Phi) is 5.61. The van der Waals surface area contributed by atoms with Gasteiger partial charge in [0.25, 0.3) is 0 Å². The molecule has 0 aliphatic carbocycles. The van der Waals surface area contributed by atoms with Crippen molar-refractivity contribution in [1.29, 1.82) is 0 Å². The molecule has 2 rings (SSSR count). The van der Waals surface area contributed by atoms with Crippen molar-refractivity contribution in [3.8, 4) is 5.69 Å². The molecule has 3 N–H and O–H groups in total. The Morgan fingerprint density at radius 1 is 1.23 bits per heavy atom. The van der Waals surface area contributed by atoms with Crippen molar-refractivity contribution in [1.82, 2.24) is 9.88 Å². The largest absolute Gasteiger partial charge is 0.393 e. The third-order valence-corrected chi connectivity index (χ3v) is 3.36. The maximum absolute atomic E-state index is 11.9. The highest BCUT2D eigenvalue weighted by Gasteiger charge is 2.08. The first-order valence-electron chi connectivity index (χ1n) is 7.51. The molecule has 0 bridgehead atoms. The third kappa shape index (κ3) is 4.93. The highest BCUT2D eigenvalue weighted by molar-refractivity contribution is 5.89. The number of aliphatic hydroxyl groups excluding tert-OH is 1. The van der Waals surface area contributed by atoms with Crippen LogP contribution in [-0.2, 0) is 0 Å². The van der Waals surface area contributed by atoms with Crippen LogP contribution in [0.4, 0.5) is 10.5 Å². The Labute approximate surface area is 131 Å². The van der Waals surface area contributed by atoms with Crippen molar-refractivity contribution in [2.75, 3.05) is 11.9 Å². The summed E-state index contributed by atoms with van der Waals surface area (Å²) in [6.07, 6.45) is 4.23. The van der Waals surface area contributed by atoms with Gasteiger partial charge in [0.1, 0.15) is 0 Å². The molecule has 2 amide bonds. The summed E-state index contributed by atoms with van der Waals surface area (Å²) in [4.78, 5) is 11.9. The topological polar surface area (TPSA) is 66.3 Å². The number of carbonyl (C=O) groups is 1. The van der Waals surface area contributed by atoms with Crippen LogP contribution in [0.25, 0.3) is 5.69 Å². The molecule has 0 fully saturated rings. The number of amides is 2. The lowest BCUT2D eigenvalue weighted by Crippen LogP contribution is -2.33. The molecule has 0 spiro atoms. The number of benzene rings is 1. The average molecular weight is 301 g/mol. The normalized spacial score (nSPS) is 13.4. The van der Waals surface area contributed by atoms with Crippen molar-refractivity contribution in [2.24, 2.45) is 5.92 Å². The summed E-state index contributed by atoms with van der Waals surface area (Å²) in [6, 6.07) is 11.3. The van der Waals surface area contributed by atoms with Gasteiger partial charge in [-0.3, -0.25) is 0 Å². The van der Waals surface area contributed by atoms with E-state index >= 15 is 0 Å². The van der Waals surface area contributed by atoms with E-state index < -0.39 is 0 Å². The Morgan fingerprint density at radius 3 is 2.64 bits per heavy atom. The summed E-state index contributed by atoms with van der Waals surface area (Å²) in [5, 5.41) is 15.0. The standard InChI is InChI=1S/C17H23N3O2/c1-13(10-14(2)21)12-18-17(22)19-15-6-5-7-16(11-15)20-8-3-4-9-20/h3-9,11,13-14,21H,10,12H2,1-2H3,(H2,18,19,22)/t13-,14+/m0/s1. The zero-order valence-electron chi connectivity index (χ0n) is 13.0. The quantitative estimate of drug-likeness (QED) is 0.768. The second-order valence-electron chi connectivity index (χ2n) is 5.67. The molecule has 0 aliphatic heterocycles. The maximum atomic E-state index is 11.9. The minimum Gasteiger partial charge on any atom is -0.393 e. The van der Waals surface area contributed by atoms with Crippen LogP contribution in [0.2, 0.25) is 0 Å². The first kappa shape index (κ1) is 16.1. The molecule has 118 valence electrons. The van der Waals surface area contributed by atoms with E-state index in [1.165, 1.54) is 0 Å². The van der Waals surface area contributed by atoms with Gasteiger partial charge in [-0.2, -0.15) is 0 Å².